The van der Waals surface area contributed by atoms with E-state index in [1.807, 2.05) is 31.2 Å². The van der Waals surface area contributed by atoms with Crippen LogP contribution in [0.1, 0.15) is 21.5 Å². The lowest BCUT2D eigenvalue weighted by Gasteiger charge is -2.16. The van der Waals surface area contributed by atoms with Gasteiger partial charge in [0.15, 0.2) is 17.2 Å². The number of ether oxygens (including phenoxy) is 3. The minimum Gasteiger partial charge on any atom is -0.493 e. The van der Waals surface area contributed by atoms with Crippen LogP contribution in [0.5, 0.6) is 23.0 Å². The van der Waals surface area contributed by atoms with Gasteiger partial charge in [-0.2, -0.15) is 0 Å². The molecular formula is C26H24N2O5. The molecule has 0 unspecified atom stereocenters. The van der Waals surface area contributed by atoms with Crippen molar-refractivity contribution < 1.29 is 23.8 Å². The van der Waals surface area contributed by atoms with E-state index in [0.29, 0.717) is 39.9 Å². The molecule has 0 aromatic heterocycles. The van der Waals surface area contributed by atoms with Crippen LogP contribution in [0.15, 0.2) is 60.7 Å². The van der Waals surface area contributed by atoms with E-state index in [2.05, 4.69) is 5.32 Å². The molecule has 3 aromatic carbocycles. The average Bonchev–Trinajstić information content (AvgIpc) is 2.92. The third-order valence-electron chi connectivity index (χ3n) is 5.31. The van der Waals surface area contributed by atoms with Gasteiger partial charge in [0.25, 0.3) is 5.91 Å². The van der Waals surface area contributed by atoms with Gasteiger partial charge in [-0.05, 0) is 66.6 Å². The highest BCUT2D eigenvalue weighted by atomic mass is 16.5. The number of anilines is 2. The number of amides is 2. The summed E-state index contributed by atoms with van der Waals surface area (Å²) in [7, 11) is 4.82. The number of fused-ring (bicyclic) bond motifs is 2. The Labute approximate surface area is 192 Å². The van der Waals surface area contributed by atoms with Crippen LogP contribution >= 0.6 is 0 Å². The van der Waals surface area contributed by atoms with Crippen molar-refractivity contribution in [1.29, 1.82) is 0 Å². The summed E-state index contributed by atoms with van der Waals surface area (Å²) in [6.45, 7) is 1.96. The van der Waals surface area contributed by atoms with Gasteiger partial charge in [-0.3, -0.25) is 9.59 Å². The van der Waals surface area contributed by atoms with Gasteiger partial charge in [-0.25, -0.2) is 0 Å². The number of carbonyl (C=O) groups excluding carboxylic acids is 2. The van der Waals surface area contributed by atoms with E-state index < -0.39 is 0 Å². The van der Waals surface area contributed by atoms with Crippen molar-refractivity contribution in [2.75, 3.05) is 31.5 Å². The van der Waals surface area contributed by atoms with E-state index in [9.17, 15) is 9.59 Å². The van der Waals surface area contributed by atoms with E-state index in [1.54, 1.807) is 62.6 Å². The van der Waals surface area contributed by atoms with E-state index in [-0.39, 0.29) is 11.8 Å². The van der Waals surface area contributed by atoms with Crippen molar-refractivity contribution in [2.45, 2.75) is 6.92 Å². The standard InChI is InChI=1S/C26H24N2O5/c1-16-5-9-22-20(13-16)28(2)26(30)19-15-18(8-11-21(19)33-22)27-25(29)12-7-17-6-10-23(31-3)24(14-17)32-4/h5-15H,1-4H3,(H,27,29)/b12-7+. The molecule has 0 bridgehead atoms. The fraction of sp³-hybridized carbons (Fsp3) is 0.154. The van der Waals surface area contributed by atoms with Gasteiger partial charge in [0.1, 0.15) is 5.75 Å². The van der Waals surface area contributed by atoms with Crippen LogP contribution in [-0.2, 0) is 4.79 Å². The second-order valence-electron chi connectivity index (χ2n) is 7.59. The van der Waals surface area contributed by atoms with Gasteiger partial charge >= 0.3 is 0 Å². The predicted molar refractivity (Wildman–Crippen MR) is 128 cm³/mol. The molecule has 0 atom stereocenters. The van der Waals surface area contributed by atoms with Crippen LogP contribution in [0.2, 0.25) is 0 Å². The van der Waals surface area contributed by atoms with E-state index in [0.717, 1.165) is 11.1 Å². The molecule has 7 nitrogen and oxygen atoms in total. The molecule has 0 aliphatic carbocycles. The van der Waals surface area contributed by atoms with E-state index in [4.69, 9.17) is 14.2 Å². The third kappa shape index (κ3) is 4.52. The van der Waals surface area contributed by atoms with Crippen LogP contribution < -0.4 is 24.4 Å². The summed E-state index contributed by atoms with van der Waals surface area (Å²) >= 11 is 0. The zero-order chi connectivity index (χ0) is 23.5. The van der Waals surface area contributed by atoms with Crippen LogP contribution in [0.4, 0.5) is 11.4 Å². The molecule has 4 rings (SSSR count). The second-order valence-corrected chi connectivity index (χ2v) is 7.59. The maximum atomic E-state index is 13.1. The number of rotatable bonds is 5. The monoisotopic (exact) mass is 444 g/mol. The maximum absolute atomic E-state index is 13.1. The van der Waals surface area contributed by atoms with Crippen molar-refractivity contribution in [3.05, 3.63) is 77.4 Å². The minimum atomic E-state index is -0.334. The Balaban J connectivity index is 1.53. The van der Waals surface area contributed by atoms with Crippen LogP contribution in [-0.4, -0.2) is 33.1 Å². The molecule has 0 spiro atoms. The lowest BCUT2D eigenvalue weighted by atomic mass is 10.1. The zero-order valence-corrected chi connectivity index (χ0v) is 18.8. The fourth-order valence-electron chi connectivity index (χ4n) is 3.56. The number of hydrogen-bond acceptors (Lipinski definition) is 5. The van der Waals surface area contributed by atoms with E-state index in [1.165, 1.54) is 6.08 Å². The SMILES string of the molecule is COc1ccc(/C=C/C(=O)Nc2ccc3c(c2)C(=O)N(C)c2cc(C)ccc2O3)cc1OC. The molecule has 7 heteroatoms. The smallest absolute Gasteiger partial charge is 0.261 e. The Hall–Kier alpha value is -4.26. The van der Waals surface area contributed by atoms with Crippen molar-refractivity contribution in [3.8, 4) is 23.0 Å². The molecule has 1 heterocycles. The summed E-state index contributed by atoms with van der Waals surface area (Å²) in [6.07, 6.45) is 3.08. The summed E-state index contributed by atoms with van der Waals surface area (Å²) in [5.41, 5.74) is 3.36. The Morgan fingerprint density at radius 3 is 2.48 bits per heavy atom. The van der Waals surface area contributed by atoms with E-state index >= 15 is 0 Å². The summed E-state index contributed by atoms with van der Waals surface area (Å²) in [5.74, 6) is 1.67. The molecule has 0 saturated heterocycles. The maximum Gasteiger partial charge on any atom is 0.261 e. The van der Waals surface area contributed by atoms with Gasteiger partial charge in [-0.1, -0.05) is 12.1 Å². The normalized spacial score (nSPS) is 12.5. The zero-order valence-electron chi connectivity index (χ0n) is 18.8. The van der Waals surface area contributed by atoms with Gasteiger partial charge in [0.2, 0.25) is 5.91 Å². The number of benzene rings is 3. The molecule has 3 aromatic rings. The largest absolute Gasteiger partial charge is 0.493 e. The highest BCUT2D eigenvalue weighted by Gasteiger charge is 2.26. The molecule has 168 valence electrons. The van der Waals surface area contributed by atoms with Crippen molar-refractivity contribution >= 4 is 29.3 Å². The number of aryl methyl sites for hydroxylation is 1. The highest BCUT2D eigenvalue weighted by Crippen LogP contribution is 2.39. The van der Waals surface area contributed by atoms with Crippen molar-refractivity contribution in [2.24, 2.45) is 0 Å². The number of hydrogen-bond donors (Lipinski definition) is 1. The molecule has 1 N–H and O–H groups in total. The average molecular weight is 444 g/mol. The number of carbonyl (C=O) groups is 2. The number of nitrogens with zero attached hydrogens (tertiary/aromatic N) is 1. The molecular weight excluding hydrogens is 420 g/mol. The van der Waals surface area contributed by atoms with Crippen LogP contribution in [0, 0.1) is 6.92 Å². The molecule has 1 aliphatic rings. The fourth-order valence-corrected chi connectivity index (χ4v) is 3.56. The second kappa shape index (κ2) is 9.08. The first kappa shape index (κ1) is 22.0. The summed E-state index contributed by atoms with van der Waals surface area (Å²) in [6, 6.07) is 16.0. The Morgan fingerprint density at radius 2 is 1.73 bits per heavy atom. The molecule has 0 fully saturated rings. The first-order valence-electron chi connectivity index (χ1n) is 10.3. The Bertz CT molecular complexity index is 1270. The molecule has 33 heavy (non-hydrogen) atoms. The van der Waals surface area contributed by atoms with Gasteiger partial charge in [-0.15, -0.1) is 0 Å². The summed E-state index contributed by atoms with van der Waals surface area (Å²) < 4.78 is 16.5. The lowest BCUT2D eigenvalue weighted by Crippen LogP contribution is -2.25. The topological polar surface area (TPSA) is 77.1 Å². The van der Waals surface area contributed by atoms with Gasteiger partial charge in [0.05, 0.1) is 25.5 Å². The minimum absolute atomic E-state index is 0.216. The molecule has 0 radical (unpaired) electrons. The molecule has 1 aliphatic heterocycles. The van der Waals surface area contributed by atoms with Crippen molar-refractivity contribution in [1.82, 2.24) is 0 Å². The predicted octanol–water partition coefficient (Wildman–Crippen LogP) is 5.05. The highest BCUT2D eigenvalue weighted by molar-refractivity contribution is 6.10. The number of methoxy groups -OCH3 is 2. The lowest BCUT2D eigenvalue weighted by molar-refractivity contribution is -0.111. The first-order valence-corrected chi connectivity index (χ1v) is 10.3. The summed E-state index contributed by atoms with van der Waals surface area (Å²) in [5, 5.41) is 2.79. The van der Waals surface area contributed by atoms with Crippen LogP contribution in [0.3, 0.4) is 0 Å². The Morgan fingerprint density at radius 1 is 0.970 bits per heavy atom. The first-order chi connectivity index (χ1) is 15.9. The molecule has 0 saturated carbocycles. The Kier molecular flexibility index (Phi) is 6.04. The molecule has 2 amide bonds. The van der Waals surface area contributed by atoms with Crippen molar-refractivity contribution in [3.63, 3.8) is 0 Å². The quantitative estimate of drug-likeness (QED) is 0.558. The van der Waals surface area contributed by atoms with Crippen LogP contribution in [0.25, 0.3) is 6.08 Å². The number of nitrogens with one attached hydrogen (secondary N) is 1. The summed E-state index contributed by atoms with van der Waals surface area (Å²) in [4.78, 5) is 27.1. The third-order valence-corrected chi connectivity index (χ3v) is 5.31. The van der Waals surface area contributed by atoms with Gasteiger partial charge in [0, 0.05) is 18.8 Å². The van der Waals surface area contributed by atoms with Gasteiger partial charge < -0.3 is 24.4 Å².